The van der Waals surface area contributed by atoms with Gasteiger partial charge in [-0.2, -0.15) is 0 Å². The van der Waals surface area contributed by atoms with Crippen molar-refractivity contribution in [3.8, 4) is 0 Å². The molecule has 1 aromatic heterocycles. The molecule has 0 spiro atoms. The number of rotatable bonds is 4. The van der Waals surface area contributed by atoms with Crippen LogP contribution in [0.5, 0.6) is 0 Å². The van der Waals surface area contributed by atoms with E-state index in [1.165, 1.54) is 0 Å². The summed E-state index contributed by atoms with van der Waals surface area (Å²) in [6.07, 6.45) is 2.43. The van der Waals surface area contributed by atoms with Gasteiger partial charge in [-0.15, -0.1) is 0 Å². The highest BCUT2D eigenvalue weighted by atomic mass is 79.9. The van der Waals surface area contributed by atoms with E-state index in [0.29, 0.717) is 12.0 Å². The number of halogens is 1. The molecule has 2 heterocycles. The molecule has 1 fully saturated rings. The van der Waals surface area contributed by atoms with Crippen LogP contribution in [0.15, 0.2) is 4.47 Å². The van der Waals surface area contributed by atoms with E-state index in [-0.39, 0.29) is 6.10 Å². The van der Waals surface area contributed by atoms with Crippen LogP contribution in [0.1, 0.15) is 64.1 Å². The molecule has 0 radical (unpaired) electrons. The second-order valence-electron chi connectivity index (χ2n) is 5.33. The fourth-order valence-electron chi connectivity index (χ4n) is 2.29. The Morgan fingerprint density at radius 2 is 2.11 bits per heavy atom. The van der Waals surface area contributed by atoms with Crippen molar-refractivity contribution in [1.29, 1.82) is 0 Å². The minimum Gasteiger partial charge on any atom is -0.369 e. The third-order valence-corrected chi connectivity index (χ3v) is 4.09. The molecule has 0 bridgehead atoms. The average molecular weight is 328 g/mol. The summed E-state index contributed by atoms with van der Waals surface area (Å²) in [5.41, 5.74) is 1.05. The van der Waals surface area contributed by atoms with Crippen molar-refractivity contribution in [2.75, 3.05) is 11.9 Å². The Balaban J connectivity index is 2.38. The van der Waals surface area contributed by atoms with E-state index in [1.807, 2.05) is 0 Å². The van der Waals surface area contributed by atoms with Gasteiger partial charge in [0.15, 0.2) is 5.82 Å². The molecule has 2 rings (SSSR count). The Morgan fingerprint density at radius 3 is 2.63 bits per heavy atom. The fraction of sp³-hybridized carbons (Fsp3) is 0.714. The molecule has 5 heteroatoms. The Bertz CT molecular complexity index is 451. The van der Waals surface area contributed by atoms with Crippen LogP contribution in [0.25, 0.3) is 0 Å². The molecule has 0 saturated carbocycles. The number of nitrogens with one attached hydrogen (secondary N) is 1. The maximum Gasteiger partial charge on any atom is 0.159 e. The highest BCUT2D eigenvalue weighted by molar-refractivity contribution is 9.10. The number of hydrogen-bond donors (Lipinski definition) is 1. The molecule has 1 aliphatic heterocycles. The number of anilines is 1. The minimum absolute atomic E-state index is 0.0398. The van der Waals surface area contributed by atoms with E-state index in [0.717, 1.165) is 41.2 Å². The smallest absolute Gasteiger partial charge is 0.159 e. The first-order chi connectivity index (χ1) is 9.02. The van der Waals surface area contributed by atoms with Gasteiger partial charge in [-0.05, 0) is 48.5 Å². The van der Waals surface area contributed by atoms with Gasteiger partial charge in [0, 0.05) is 6.54 Å². The Labute approximate surface area is 123 Å². The summed E-state index contributed by atoms with van der Waals surface area (Å²) in [5, 5.41) is 3.29. The monoisotopic (exact) mass is 327 g/mol. The van der Waals surface area contributed by atoms with Gasteiger partial charge in [0.25, 0.3) is 0 Å². The molecule has 2 unspecified atom stereocenters. The first kappa shape index (κ1) is 14.7. The molecule has 1 saturated heterocycles. The summed E-state index contributed by atoms with van der Waals surface area (Å²) in [6, 6.07) is 0. The molecule has 1 aliphatic rings. The molecule has 4 nitrogen and oxygen atoms in total. The average Bonchev–Trinajstić information content (AvgIpc) is 2.78. The normalized spacial score (nSPS) is 23.1. The summed E-state index contributed by atoms with van der Waals surface area (Å²) < 4.78 is 6.86. The van der Waals surface area contributed by atoms with E-state index >= 15 is 0 Å². The largest absolute Gasteiger partial charge is 0.369 e. The molecular weight excluding hydrogens is 306 g/mol. The van der Waals surface area contributed by atoms with Crippen molar-refractivity contribution < 1.29 is 4.74 Å². The quantitative estimate of drug-likeness (QED) is 0.906. The Hall–Kier alpha value is -0.680. The first-order valence-electron chi connectivity index (χ1n) is 6.99. The van der Waals surface area contributed by atoms with Crippen molar-refractivity contribution in [1.82, 2.24) is 9.97 Å². The van der Waals surface area contributed by atoms with Crippen LogP contribution in [0, 0.1) is 0 Å². The van der Waals surface area contributed by atoms with Gasteiger partial charge in [0.05, 0.1) is 16.3 Å². The van der Waals surface area contributed by atoms with Gasteiger partial charge in [0.2, 0.25) is 0 Å². The zero-order valence-corrected chi connectivity index (χ0v) is 13.6. The topological polar surface area (TPSA) is 47.0 Å². The predicted octanol–water partition coefficient (Wildman–Crippen LogP) is 4.03. The second-order valence-corrected chi connectivity index (χ2v) is 6.12. The number of aromatic nitrogens is 2. The summed E-state index contributed by atoms with van der Waals surface area (Å²) in [4.78, 5) is 9.34. The summed E-state index contributed by atoms with van der Waals surface area (Å²) >= 11 is 3.61. The van der Waals surface area contributed by atoms with Crippen LogP contribution in [0.2, 0.25) is 0 Å². The zero-order valence-electron chi connectivity index (χ0n) is 12.0. The van der Waals surface area contributed by atoms with Crippen molar-refractivity contribution in [3.05, 3.63) is 16.0 Å². The lowest BCUT2D eigenvalue weighted by Gasteiger charge is -2.17. The van der Waals surface area contributed by atoms with Gasteiger partial charge in [-0.1, -0.05) is 13.8 Å². The molecular formula is C14H22BrN3O. The standard InChI is InChI=1S/C14H22BrN3O/c1-5-16-14-11(15)12(8(2)3)17-13(18-14)10-7-6-9(4)19-10/h8-10H,5-7H2,1-4H3,(H,16,17,18). The maximum absolute atomic E-state index is 5.89. The van der Waals surface area contributed by atoms with Crippen molar-refractivity contribution in [2.45, 2.75) is 58.7 Å². The molecule has 106 valence electrons. The molecule has 1 N–H and O–H groups in total. The van der Waals surface area contributed by atoms with Gasteiger partial charge in [-0.3, -0.25) is 0 Å². The summed E-state index contributed by atoms with van der Waals surface area (Å²) in [7, 11) is 0. The van der Waals surface area contributed by atoms with Crippen molar-refractivity contribution >= 4 is 21.7 Å². The lowest BCUT2D eigenvalue weighted by molar-refractivity contribution is 0.0502. The molecule has 0 aromatic carbocycles. The SMILES string of the molecule is CCNc1nc(C2CCC(C)O2)nc(C(C)C)c1Br. The van der Waals surface area contributed by atoms with Gasteiger partial charge < -0.3 is 10.1 Å². The summed E-state index contributed by atoms with van der Waals surface area (Å²) in [5.74, 6) is 2.04. The van der Waals surface area contributed by atoms with Gasteiger partial charge >= 0.3 is 0 Å². The minimum atomic E-state index is 0.0398. The molecule has 19 heavy (non-hydrogen) atoms. The third-order valence-electron chi connectivity index (χ3n) is 3.31. The lowest BCUT2D eigenvalue weighted by atomic mass is 10.1. The van der Waals surface area contributed by atoms with Crippen LogP contribution in [0.4, 0.5) is 5.82 Å². The van der Waals surface area contributed by atoms with E-state index in [1.54, 1.807) is 0 Å². The maximum atomic E-state index is 5.89. The zero-order chi connectivity index (χ0) is 14.0. The van der Waals surface area contributed by atoms with Crippen LogP contribution < -0.4 is 5.32 Å². The number of nitrogens with zero attached hydrogens (tertiary/aromatic N) is 2. The van der Waals surface area contributed by atoms with E-state index < -0.39 is 0 Å². The van der Waals surface area contributed by atoms with Crippen LogP contribution in [-0.4, -0.2) is 22.6 Å². The predicted molar refractivity (Wildman–Crippen MR) is 80.5 cm³/mol. The van der Waals surface area contributed by atoms with Crippen LogP contribution in [-0.2, 0) is 4.74 Å². The van der Waals surface area contributed by atoms with Gasteiger partial charge in [0.1, 0.15) is 11.9 Å². The van der Waals surface area contributed by atoms with Crippen LogP contribution in [0.3, 0.4) is 0 Å². The van der Waals surface area contributed by atoms with Gasteiger partial charge in [-0.25, -0.2) is 9.97 Å². The van der Waals surface area contributed by atoms with E-state index in [4.69, 9.17) is 9.72 Å². The van der Waals surface area contributed by atoms with E-state index in [9.17, 15) is 0 Å². The van der Waals surface area contributed by atoms with Crippen molar-refractivity contribution in [3.63, 3.8) is 0 Å². The second kappa shape index (κ2) is 6.18. The molecule has 0 amide bonds. The number of hydrogen-bond acceptors (Lipinski definition) is 4. The third kappa shape index (κ3) is 3.26. The van der Waals surface area contributed by atoms with Crippen molar-refractivity contribution in [2.24, 2.45) is 0 Å². The fourth-order valence-corrected chi connectivity index (χ4v) is 3.06. The molecule has 1 aromatic rings. The molecule has 2 atom stereocenters. The lowest BCUT2D eigenvalue weighted by Crippen LogP contribution is -2.12. The highest BCUT2D eigenvalue weighted by Crippen LogP contribution is 2.35. The Kier molecular flexibility index (Phi) is 4.79. The number of ether oxygens (including phenoxy) is 1. The molecule has 0 aliphatic carbocycles. The summed E-state index contributed by atoms with van der Waals surface area (Å²) in [6.45, 7) is 9.30. The first-order valence-corrected chi connectivity index (χ1v) is 7.78. The van der Waals surface area contributed by atoms with Crippen LogP contribution >= 0.6 is 15.9 Å². The Morgan fingerprint density at radius 1 is 1.37 bits per heavy atom. The van der Waals surface area contributed by atoms with E-state index in [2.05, 4.69) is 53.9 Å². The highest BCUT2D eigenvalue weighted by Gasteiger charge is 2.27.